The third kappa shape index (κ3) is 4.43. The maximum atomic E-state index is 11.8. The van der Waals surface area contributed by atoms with Gasteiger partial charge in [0.1, 0.15) is 0 Å². The van der Waals surface area contributed by atoms with Crippen molar-refractivity contribution in [2.24, 2.45) is 0 Å². The van der Waals surface area contributed by atoms with Gasteiger partial charge in [0.05, 0.1) is 24.6 Å². The second-order valence-electron chi connectivity index (χ2n) is 5.01. The van der Waals surface area contributed by atoms with Gasteiger partial charge in [-0.2, -0.15) is 0 Å². The molecule has 1 amide bonds. The van der Waals surface area contributed by atoms with Gasteiger partial charge < -0.3 is 15.4 Å². The first-order valence-corrected chi connectivity index (χ1v) is 8.74. The second-order valence-corrected chi connectivity index (χ2v) is 7.02. The van der Waals surface area contributed by atoms with E-state index in [1.807, 2.05) is 0 Å². The first kappa shape index (κ1) is 16.7. The molecule has 1 aromatic carbocycles. The van der Waals surface area contributed by atoms with Crippen LogP contribution in [0.25, 0.3) is 0 Å². The number of anilines is 2. The Labute approximate surface area is 130 Å². The van der Waals surface area contributed by atoms with E-state index in [2.05, 4.69) is 10.6 Å². The van der Waals surface area contributed by atoms with Crippen LogP contribution in [0.4, 0.5) is 11.4 Å². The van der Waals surface area contributed by atoms with Crippen molar-refractivity contribution in [2.45, 2.75) is 6.42 Å². The van der Waals surface area contributed by atoms with Crippen LogP contribution < -0.4 is 14.9 Å². The molecule has 1 saturated heterocycles. The van der Waals surface area contributed by atoms with E-state index in [9.17, 15) is 13.2 Å². The number of benzene rings is 1. The molecule has 1 fully saturated rings. The molecule has 0 bridgehead atoms. The van der Waals surface area contributed by atoms with Crippen LogP contribution in [0.15, 0.2) is 24.3 Å². The van der Waals surface area contributed by atoms with Crippen molar-refractivity contribution in [3.63, 3.8) is 0 Å². The third-order valence-electron chi connectivity index (χ3n) is 3.31. The molecule has 0 unspecified atom stereocenters. The van der Waals surface area contributed by atoms with Crippen molar-refractivity contribution in [3.8, 4) is 0 Å². The van der Waals surface area contributed by atoms with Crippen molar-refractivity contribution in [1.82, 2.24) is 5.32 Å². The standard InChI is InChI=1S/C14H21N3O4S/c1-21-9-7-15-11-14(18)16-12-3-5-13(6-4-12)17-8-2-10-22(17,19)20/h3-6,15H,2,7-11H2,1H3,(H,16,18). The lowest BCUT2D eigenvalue weighted by Gasteiger charge is -2.17. The quantitative estimate of drug-likeness (QED) is 0.708. The highest BCUT2D eigenvalue weighted by atomic mass is 32.2. The fraction of sp³-hybridized carbons (Fsp3) is 0.500. The molecule has 0 saturated carbocycles. The van der Waals surface area contributed by atoms with Crippen LogP contribution in [-0.4, -0.2) is 53.4 Å². The van der Waals surface area contributed by atoms with Gasteiger partial charge in [0.2, 0.25) is 15.9 Å². The summed E-state index contributed by atoms with van der Waals surface area (Å²) in [6.45, 7) is 1.87. The normalized spacial score (nSPS) is 16.7. The Balaban J connectivity index is 1.88. The highest BCUT2D eigenvalue weighted by molar-refractivity contribution is 7.93. The fourth-order valence-electron chi connectivity index (χ4n) is 2.22. The molecule has 7 nitrogen and oxygen atoms in total. The number of ether oxygens (including phenoxy) is 1. The van der Waals surface area contributed by atoms with Crippen LogP contribution in [0.3, 0.4) is 0 Å². The number of methoxy groups -OCH3 is 1. The highest BCUT2D eigenvalue weighted by Crippen LogP contribution is 2.25. The lowest BCUT2D eigenvalue weighted by molar-refractivity contribution is -0.115. The molecule has 8 heteroatoms. The molecule has 2 rings (SSSR count). The molecule has 0 spiro atoms. The highest BCUT2D eigenvalue weighted by Gasteiger charge is 2.28. The van der Waals surface area contributed by atoms with Crippen molar-refractivity contribution < 1.29 is 17.9 Å². The number of hydrogen-bond acceptors (Lipinski definition) is 5. The molecule has 2 N–H and O–H groups in total. The molecule has 0 aromatic heterocycles. The Bertz CT molecular complexity index is 601. The summed E-state index contributed by atoms with van der Waals surface area (Å²) in [7, 11) is -1.57. The van der Waals surface area contributed by atoms with Gasteiger partial charge in [0.15, 0.2) is 0 Å². The van der Waals surface area contributed by atoms with E-state index in [-0.39, 0.29) is 18.2 Å². The van der Waals surface area contributed by atoms with Crippen LogP contribution in [0.2, 0.25) is 0 Å². The first-order chi connectivity index (χ1) is 10.5. The summed E-state index contributed by atoms with van der Waals surface area (Å²) in [4.78, 5) is 11.7. The zero-order valence-electron chi connectivity index (χ0n) is 12.5. The van der Waals surface area contributed by atoms with Crippen molar-refractivity contribution in [2.75, 3.05) is 48.7 Å². The Morgan fingerprint density at radius 2 is 2.05 bits per heavy atom. The smallest absolute Gasteiger partial charge is 0.238 e. The minimum Gasteiger partial charge on any atom is -0.383 e. The minimum atomic E-state index is -3.17. The maximum Gasteiger partial charge on any atom is 0.238 e. The minimum absolute atomic E-state index is 0.155. The van der Waals surface area contributed by atoms with Gasteiger partial charge in [0.25, 0.3) is 0 Å². The number of amides is 1. The van der Waals surface area contributed by atoms with E-state index in [1.54, 1.807) is 31.4 Å². The summed E-state index contributed by atoms with van der Waals surface area (Å²) in [5, 5.41) is 5.70. The van der Waals surface area contributed by atoms with Gasteiger partial charge in [-0.3, -0.25) is 9.10 Å². The van der Waals surface area contributed by atoms with Crippen molar-refractivity contribution in [1.29, 1.82) is 0 Å². The number of carbonyl (C=O) groups excluding carboxylic acids is 1. The Kier molecular flexibility index (Phi) is 5.76. The van der Waals surface area contributed by atoms with E-state index >= 15 is 0 Å². The third-order valence-corrected chi connectivity index (χ3v) is 5.18. The van der Waals surface area contributed by atoms with E-state index in [0.29, 0.717) is 37.5 Å². The topological polar surface area (TPSA) is 87.7 Å². The molecule has 0 atom stereocenters. The van der Waals surface area contributed by atoms with Gasteiger partial charge in [0, 0.05) is 25.9 Å². The maximum absolute atomic E-state index is 11.8. The van der Waals surface area contributed by atoms with Crippen molar-refractivity contribution >= 4 is 27.3 Å². The predicted octanol–water partition coefficient (Wildman–Crippen LogP) is 0.401. The zero-order valence-corrected chi connectivity index (χ0v) is 13.4. The zero-order chi connectivity index (χ0) is 16.0. The molecule has 1 heterocycles. The lowest BCUT2D eigenvalue weighted by atomic mass is 10.2. The molecule has 1 aliphatic rings. The van der Waals surface area contributed by atoms with Gasteiger partial charge in [-0.05, 0) is 30.7 Å². The molecule has 122 valence electrons. The van der Waals surface area contributed by atoms with E-state index in [4.69, 9.17) is 4.74 Å². The summed E-state index contributed by atoms with van der Waals surface area (Å²) >= 11 is 0. The van der Waals surface area contributed by atoms with Crippen LogP contribution in [0, 0.1) is 0 Å². The van der Waals surface area contributed by atoms with E-state index < -0.39 is 10.0 Å². The van der Waals surface area contributed by atoms with Crippen molar-refractivity contribution in [3.05, 3.63) is 24.3 Å². The van der Waals surface area contributed by atoms with Gasteiger partial charge in [-0.25, -0.2) is 8.42 Å². The van der Waals surface area contributed by atoms with Gasteiger partial charge in [-0.15, -0.1) is 0 Å². The Hall–Kier alpha value is -1.64. The summed E-state index contributed by atoms with van der Waals surface area (Å²) in [6.07, 6.45) is 0.647. The number of rotatable bonds is 7. The molecule has 0 aliphatic carbocycles. The monoisotopic (exact) mass is 327 g/mol. The summed E-state index contributed by atoms with van der Waals surface area (Å²) in [5.41, 5.74) is 1.27. The van der Waals surface area contributed by atoms with Gasteiger partial charge in [-0.1, -0.05) is 0 Å². The predicted molar refractivity (Wildman–Crippen MR) is 85.6 cm³/mol. The Morgan fingerprint density at radius 3 is 2.64 bits per heavy atom. The lowest BCUT2D eigenvalue weighted by Crippen LogP contribution is -2.30. The Morgan fingerprint density at radius 1 is 1.32 bits per heavy atom. The molecule has 0 radical (unpaired) electrons. The molecule has 22 heavy (non-hydrogen) atoms. The summed E-state index contributed by atoms with van der Waals surface area (Å²) in [5.74, 6) is 0.0381. The van der Waals surface area contributed by atoms with Crippen LogP contribution in [0.5, 0.6) is 0 Å². The second kappa shape index (κ2) is 7.57. The molecule has 1 aromatic rings. The number of carbonyl (C=O) groups is 1. The number of nitrogens with one attached hydrogen (secondary N) is 2. The SMILES string of the molecule is COCCNCC(=O)Nc1ccc(N2CCCS2(=O)=O)cc1. The van der Waals surface area contributed by atoms with Crippen LogP contribution in [0.1, 0.15) is 6.42 Å². The molecular weight excluding hydrogens is 306 g/mol. The molecular formula is C14H21N3O4S. The van der Waals surface area contributed by atoms with E-state index in [1.165, 1.54) is 4.31 Å². The van der Waals surface area contributed by atoms with E-state index in [0.717, 1.165) is 0 Å². The first-order valence-electron chi connectivity index (χ1n) is 7.13. The summed E-state index contributed by atoms with van der Waals surface area (Å²) in [6, 6.07) is 6.82. The number of nitrogens with zero attached hydrogens (tertiary/aromatic N) is 1. The number of hydrogen-bond donors (Lipinski definition) is 2. The van der Waals surface area contributed by atoms with Crippen LogP contribution >= 0.6 is 0 Å². The van der Waals surface area contributed by atoms with Crippen LogP contribution in [-0.2, 0) is 19.6 Å². The van der Waals surface area contributed by atoms with Gasteiger partial charge >= 0.3 is 0 Å². The summed E-state index contributed by atoms with van der Waals surface area (Å²) < 4.78 is 29.9. The molecule has 1 aliphatic heterocycles. The average Bonchev–Trinajstić information content (AvgIpc) is 2.84. The number of sulfonamides is 1. The average molecular weight is 327 g/mol. The fourth-order valence-corrected chi connectivity index (χ4v) is 3.79. The largest absolute Gasteiger partial charge is 0.383 e.